The average Bonchev–Trinajstić information content (AvgIpc) is 2.65. The zero-order valence-electron chi connectivity index (χ0n) is 7.33. The number of hydrogen-bond acceptors (Lipinski definition) is 2. The van der Waals surface area contributed by atoms with Crippen LogP contribution in [0.2, 0.25) is 0 Å². The summed E-state index contributed by atoms with van der Waals surface area (Å²) in [7, 11) is 0. The Kier molecular flexibility index (Phi) is 2.90. The Morgan fingerprint density at radius 2 is 2.09 bits per heavy atom. The average molecular weight is 158 g/mol. The summed E-state index contributed by atoms with van der Waals surface area (Å²) in [4.78, 5) is 0. The molecule has 2 unspecified atom stereocenters. The molecule has 1 saturated carbocycles. The lowest BCUT2D eigenvalue weighted by atomic mass is 10.0. The molecule has 3 atom stereocenters. The van der Waals surface area contributed by atoms with Gasteiger partial charge in [-0.25, -0.2) is 0 Å². The molecular weight excluding hydrogens is 140 g/mol. The maximum absolute atomic E-state index is 9.23. The van der Waals surface area contributed by atoms with E-state index in [9.17, 15) is 5.11 Å². The third kappa shape index (κ3) is 2.46. The fourth-order valence-electron chi connectivity index (χ4n) is 1.75. The fraction of sp³-hybridized carbons (Fsp3) is 1.00. The van der Waals surface area contributed by atoms with Crippen LogP contribution in [-0.2, 0) is 0 Å². The van der Waals surface area contributed by atoms with E-state index in [1.54, 1.807) is 0 Å². The van der Waals surface area contributed by atoms with Crippen LogP contribution < -0.4 is 0 Å². The van der Waals surface area contributed by atoms with Gasteiger partial charge in [0.05, 0.1) is 12.7 Å². The zero-order valence-corrected chi connectivity index (χ0v) is 7.33. The molecule has 0 amide bonds. The second-order valence-electron chi connectivity index (χ2n) is 4.04. The van der Waals surface area contributed by atoms with Crippen LogP contribution in [0.5, 0.6) is 0 Å². The highest BCUT2D eigenvalue weighted by molar-refractivity contribution is 4.91. The summed E-state index contributed by atoms with van der Waals surface area (Å²) in [6.45, 7) is 4.32. The minimum atomic E-state index is -0.459. The van der Waals surface area contributed by atoms with E-state index >= 15 is 0 Å². The zero-order chi connectivity index (χ0) is 8.43. The van der Waals surface area contributed by atoms with Crippen LogP contribution in [-0.4, -0.2) is 22.9 Å². The van der Waals surface area contributed by atoms with E-state index in [0.29, 0.717) is 11.8 Å². The summed E-state index contributed by atoms with van der Waals surface area (Å²) in [5.41, 5.74) is 0. The molecule has 0 aromatic carbocycles. The Hall–Kier alpha value is -0.0800. The van der Waals surface area contributed by atoms with Crippen molar-refractivity contribution in [1.29, 1.82) is 0 Å². The summed E-state index contributed by atoms with van der Waals surface area (Å²) >= 11 is 0. The van der Waals surface area contributed by atoms with Crippen LogP contribution >= 0.6 is 0 Å². The number of aliphatic hydroxyl groups excluding tert-OH is 2. The Labute approximate surface area is 68.2 Å². The van der Waals surface area contributed by atoms with Gasteiger partial charge in [-0.2, -0.15) is 0 Å². The molecule has 1 fully saturated rings. The number of aliphatic hydroxyl groups is 2. The van der Waals surface area contributed by atoms with Crippen LogP contribution in [0.1, 0.15) is 26.7 Å². The number of hydrogen-bond donors (Lipinski definition) is 2. The van der Waals surface area contributed by atoms with Crippen LogP contribution in [0.4, 0.5) is 0 Å². The normalized spacial score (nSPS) is 32.5. The molecule has 0 saturated heterocycles. The number of rotatable bonds is 4. The summed E-state index contributed by atoms with van der Waals surface area (Å²) in [5.74, 6) is 1.79. The SMILES string of the molecule is CC(C)CC1CC1[C@H](O)CO. The fourth-order valence-corrected chi connectivity index (χ4v) is 1.75. The van der Waals surface area contributed by atoms with Crippen LogP contribution in [0.25, 0.3) is 0 Å². The van der Waals surface area contributed by atoms with Crippen molar-refractivity contribution in [3.8, 4) is 0 Å². The smallest absolute Gasteiger partial charge is 0.0801 e. The van der Waals surface area contributed by atoms with E-state index < -0.39 is 6.10 Å². The monoisotopic (exact) mass is 158 g/mol. The molecule has 0 aromatic rings. The predicted octanol–water partition coefficient (Wildman–Crippen LogP) is 1.02. The van der Waals surface area contributed by atoms with Gasteiger partial charge in [-0.05, 0) is 30.6 Å². The molecule has 2 nitrogen and oxygen atoms in total. The summed E-state index contributed by atoms with van der Waals surface area (Å²) < 4.78 is 0. The van der Waals surface area contributed by atoms with Gasteiger partial charge in [0.1, 0.15) is 0 Å². The molecule has 2 heteroatoms. The van der Waals surface area contributed by atoms with Crippen molar-refractivity contribution in [2.45, 2.75) is 32.8 Å². The Morgan fingerprint density at radius 3 is 2.55 bits per heavy atom. The highest BCUT2D eigenvalue weighted by Gasteiger charge is 2.41. The van der Waals surface area contributed by atoms with E-state index in [0.717, 1.165) is 12.3 Å². The molecule has 0 heterocycles. The topological polar surface area (TPSA) is 40.5 Å². The van der Waals surface area contributed by atoms with E-state index in [2.05, 4.69) is 13.8 Å². The Morgan fingerprint density at radius 1 is 1.45 bits per heavy atom. The van der Waals surface area contributed by atoms with E-state index in [1.807, 2.05) is 0 Å². The van der Waals surface area contributed by atoms with Crippen molar-refractivity contribution in [2.24, 2.45) is 17.8 Å². The van der Waals surface area contributed by atoms with E-state index in [1.165, 1.54) is 6.42 Å². The predicted molar refractivity (Wildman–Crippen MR) is 44.1 cm³/mol. The maximum atomic E-state index is 9.23. The van der Waals surface area contributed by atoms with Gasteiger partial charge < -0.3 is 10.2 Å². The lowest BCUT2D eigenvalue weighted by molar-refractivity contribution is 0.0726. The van der Waals surface area contributed by atoms with Crippen molar-refractivity contribution in [3.05, 3.63) is 0 Å². The van der Waals surface area contributed by atoms with Crippen molar-refractivity contribution in [1.82, 2.24) is 0 Å². The lowest BCUT2D eigenvalue weighted by Gasteiger charge is -2.06. The first kappa shape index (κ1) is 9.01. The largest absolute Gasteiger partial charge is 0.394 e. The van der Waals surface area contributed by atoms with E-state index in [-0.39, 0.29) is 6.61 Å². The van der Waals surface area contributed by atoms with Crippen molar-refractivity contribution in [2.75, 3.05) is 6.61 Å². The van der Waals surface area contributed by atoms with Crippen molar-refractivity contribution >= 4 is 0 Å². The van der Waals surface area contributed by atoms with Gasteiger partial charge in [0, 0.05) is 0 Å². The highest BCUT2D eigenvalue weighted by atomic mass is 16.3. The molecule has 0 bridgehead atoms. The van der Waals surface area contributed by atoms with Gasteiger partial charge >= 0.3 is 0 Å². The molecule has 1 rings (SSSR count). The van der Waals surface area contributed by atoms with Crippen molar-refractivity contribution < 1.29 is 10.2 Å². The lowest BCUT2D eigenvalue weighted by Crippen LogP contribution is -2.15. The van der Waals surface area contributed by atoms with Gasteiger partial charge in [0.2, 0.25) is 0 Å². The quantitative estimate of drug-likeness (QED) is 0.641. The molecule has 1 aliphatic carbocycles. The van der Waals surface area contributed by atoms with Gasteiger partial charge in [-0.1, -0.05) is 13.8 Å². The third-order valence-corrected chi connectivity index (χ3v) is 2.43. The Bertz CT molecular complexity index is 123. The standard InChI is InChI=1S/C9H18O2/c1-6(2)3-7-4-8(7)9(11)5-10/h6-11H,3-5H2,1-2H3/t7?,8?,9-/m1/s1. The second-order valence-corrected chi connectivity index (χ2v) is 4.04. The van der Waals surface area contributed by atoms with E-state index in [4.69, 9.17) is 5.11 Å². The highest BCUT2D eigenvalue weighted by Crippen LogP contribution is 2.45. The summed E-state index contributed by atoms with van der Waals surface area (Å²) in [5, 5.41) is 17.9. The van der Waals surface area contributed by atoms with Gasteiger partial charge in [0.25, 0.3) is 0 Å². The Balaban J connectivity index is 2.15. The summed E-state index contributed by atoms with van der Waals surface area (Å²) in [6.07, 6.45) is 1.85. The van der Waals surface area contributed by atoms with Gasteiger partial charge in [-0.15, -0.1) is 0 Å². The van der Waals surface area contributed by atoms with Crippen molar-refractivity contribution in [3.63, 3.8) is 0 Å². The summed E-state index contributed by atoms with van der Waals surface area (Å²) in [6, 6.07) is 0. The molecule has 0 aliphatic heterocycles. The molecule has 11 heavy (non-hydrogen) atoms. The third-order valence-electron chi connectivity index (χ3n) is 2.43. The molecule has 0 aromatic heterocycles. The van der Waals surface area contributed by atoms with Crippen LogP contribution in [0.3, 0.4) is 0 Å². The first-order valence-corrected chi connectivity index (χ1v) is 4.44. The molecular formula is C9H18O2. The van der Waals surface area contributed by atoms with Gasteiger partial charge in [-0.3, -0.25) is 0 Å². The minimum absolute atomic E-state index is 0.0702. The molecule has 1 aliphatic rings. The second kappa shape index (κ2) is 3.55. The minimum Gasteiger partial charge on any atom is -0.394 e. The van der Waals surface area contributed by atoms with Gasteiger partial charge in [0.15, 0.2) is 0 Å². The molecule has 2 N–H and O–H groups in total. The first-order chi connectivity index (χ1) is 5.15. The van der Waals surface area contributed by atoms with Crippen LogP contribution in [0.15, 0.2) is 0 Å². The van der Waals surface area contributed by atoms with Crippen LogP contribution in [0, 0.1) is 17.8 Å². The maximum Gasteiger partial charge on any atom is 0.0801 e. The first-order valence-electron chi connectivity index (χ1n) is 4.44. The molecule has 66 valence electrons. The molecule has 0 radical (unpaired) electrons. The molecule has 0 spiro atoms.